The molecule has 2 aromatic carbocycles. The Morgan fingerprint density at radius 2 is 1.84 bits per heavy atom. The maximum atomic E-state index is 13.9. The second-order valence-electron chi connectivity index (χ2n) is 9.97. The van der Waals surface area contributed by atoms with Gasteiger partial charge in [0, 0.05) is 29.9 Å². The van der Waals surface area contributed by atoms with Gasteiger partial charge in [-0.2, -0.15) is 5.11 Å². The minimum absolute atomic E-state index is 0.295. The molecule has 0 spiro atoms. The van der Waals surface area contributed by atoms with E-state index in [4.69, 9.17) is 32.9 Å². The second kappa shape index (κ2) is 11.2. The van der Waals surface area contributed by atoms with E-state index in [1.165, 1.54) is 12.1 Å². The van der Waals surface area contributed by atoms with Gasteiger partial charge < -0.3 is 9.64 Å². The predicted molar refractivity (Wildman–Crippen MR) is 151 cm³/mol. The van der Waals surface area contributed by atoms with E-state index in [0.29, 0.717) is 28.4 Å². The number of thioether (sulfide) groups is 1. The fraction of sp³-hybridized carbons (Fsp3) is 0.407. The van der Waals surface area contributed by atoms with Gasteiger partial charge in [0.2, 0.25) is 0 Å². The fourth-order valence-corrected chi connectivity index (χ4v) is 6.79. The smallest absolute Gasteiger partial charge is 0.174 e. The molecule has 0 amide bonds. The zero-order valence-corrected chi connectivity index (χ0v) is 23.8. The summed E-state index contributed by atoms with van der Waals surface area (Å²) >= 11 is 14.9. The highest BCUT2D eigenvalue weighted by atomic mass is 35.5. The molecule has 7 nitrogen and oxygen atoms in total. The summed E-state index contributed by atoms with van der Waals surface area (Å²) in [5.41, 5.74) is 2.04. The van der Waals surface area contributed by atoms with Crippen LogP contribution < -0.4 is 4.74 Å². The summed E-state index contributed by atoms with van der Waals surface area (Å²) in [6, 6.07) is 12.2. The van der Waals surface area contributed by atoms with E-state index in [-0.39, 0.29) is 5.82 Å². The van der Waals surface area contributed by atoms with E-state index in [2.05, 4.69) is 38.8 Å². The van der Waals surface area contributed by atoms with Gasteiger partial charge in [-0.25, -0.2) is 9.37 Å². The topological polar surface area (TPSA) is 67.4 Å². The van der Waals surface area contributed by atoms with Gasteiger partial charge >= 0.3 is 0 Å². The molecule has 0 saturated carbocycles. The molecule has 200 valence electrons. The summed E-state index contributed by atoms with van der Waals surface area (Å²) in [5, 5.41) is 13.6. The monoisotopic (exact) mass is 574 g/mol. The molecule has 1 saturated heterocycles. The average Bonchev–Trinajstić information content (AvgIpc) is 3.57. The fourth-order valence-electron chi connectivity index (χ4n) is 4.95. The summed E-state index contributed by atoms with van der Waals surface area (Å²) in [6.45, 7) is 6.64. The van der Waals surface area contributed by atoms with Gasteiger partial charge in [-0.3, -0.25) is 4.57 Å². The molecule has 0 unspecified atom stereocenters. The second-order valence-corrected chi connectivity index (χ2v) is 11.7. The van der Waals surface area contributed by atoms with Crippen molar-refractivity contribution in [3.63, 3.8) is 0 Å². The molecule has 5 rings (SSSR count). The highest BCUT2D eigenvalue weighted by molar-refractivity contribution is 7.99. The van der Waals surface area contributed by atoms with E-state index in [9.17, 15) is 4.39 Å². The Labute approximate surface area is 236 Å². The van der Waals surface area contributed by atoms with Crippen LogP contribution in [-0.4, -0.2) is 52.8 Å². The number of hydrogen-bond acceptors (Lipinski definition) is 7. The molecule has 0 atom stereocenters. The van der Waals surface area contributed by atoms with Crippen LogP contribution in [0, 0.1) is 11.7 Å². The molecule has 2 aliphatic heterocycles. The number of halogens is 3. The molecule has 0 bridgehead atoms. The number of ether oxygens (including phenoxy) is 1. The van der Waals surface area contributed by atoms with Crippen molar-refractivity contribution in [2.45, 2.75) is 37.3 Å². The standard InChI is InChI=1S/C27H29Cl2FN6OS/c1-27(2,18-4-9-21(28)22(14-18)37-3)24-25(29)32-26(36(24)20-7-5-19(30)6-8-20)38-16-17-10-12-35(13-11-17)23-15-31-34-33-23/h4-9,14,17H,10-13,15-16H2,1-3H3. The van der Waals surface area contributed by atoms with Crippen LogP contribution in [0.1, 0.15) is 37.9 Å². The number of methoxy groups -OCH3 is 1. The lowest BCUT2D eigenvalue weighted by Gasteiger charge is -2.32. The van der Waals surface area contributed by atoms with Crippen molar-refractivity contribution < 1.29 is 9.13 Å². The van der Waals surface area contributed by atoms with Gasteiger partial charge in [-0.1, -0.05) is 54.9 Å². The van der Waals surface area contributed by atoms with Crippen molar-refractivity contribution in [3.8, 4) is 11.4 Å². The first kappa shape index (κ1) is 27.0. The number of benzene rings is 2. The van der Waals surface area contributed by atoms with E-state index < -0.39 is 5.41 Å². The van der Waals surface area contributed by atoms with Crippen LogP contribution in [0.5, 0.6) is 5.75 Å². The van der Waals surface area contributed by atoms with Gasteiger partial charge in [0.1, 0.15) is 18.1 Å². The maximum Gasteiger partial charge on any atom is 0.174 e. The molecule has 1 aromatic heterocycles. The zero-order valence-electron chi connectivity index (χ0n) is 21.5. The van der Waals surface area contributed by atoms with Crippen LogP contribution in [0.3, 0.4) is 0 Å². The van der Waals surface area contributed by atoms with Crippen LogP contribution in [0.4, 0.5) is 4.39 Å². The van der Waals surface area contributed by atoms with E-state index in [1.54, 1.807) is 31.0 Å². The van der Waals surface area contributed by atoms with Crippen LogP contribution in [0.2, 0.25) is 10.2 Å². The molecule has 3 heterocycles. The molecule has 0 radical (unpaired) electrons. The van der Waals surface area contributed by atoms with Crippen LogP contribution in [-0.2, 0) is 5.41 Å². The molecule has 0 N–H and O–H groups in total. The number of likely N-dealkylation sites (tertiary alicyclic amines) is 1. The Hall–Kier alpha value is -2.62. The normalized spacial score (nSPS) is 16.3. The summed E-state index contributed by atoms with van der Waals surface area (Å²) in [4.78, 5) is 7.09. The van der Waals surface area contributed by atoms with E-state index >= 15 is 0 Å². The number of imidazole rings is 1. The van der Waals surface area contributed by atoms with Crippen molar-refractivity contribution in [3.05, 3.63) is 69.7 Å². The van der Waals surface area contributed by atoms with Crippen molar-refractivity contribution in [1.29, 1.82) is 0 Å². The minimum atomic E-state index is -0.557. The average molecular weight is 576 g/mol. The highest BCUT2D eigenvalue weighted by Crippen LogP contribution is 2.42. The Kier molecular flexibility index (Phi) is 7.98. The summed E-state index contributed by atoms with van der Waals surface area (Å²) in [6.07, 6.45) is 2.11. The first-order valence-corrected chi connectivity index (χ1v) is 14.2. The van der Waals surface area contributed by atoms with Crippen molar-refractivity contribution in [2.24, 2.45) is 21.4 Å². The lowest BCUT2D eigenvalue weighted by atomic mass is 9.81. The van der Waals surface area contributed by atoms with Crippen LogP contribution in [0.25, 0.3) is 5.69 Å². The Morgan fingerprint density at radius 1 is 1.11 bits per heavy atom. The highest BCUT2D eigenvalue weighted by Gasteiger charge is 2.34. The maximum absolute atomic E-state index is 13.9. The van der Waals surface area contributed by atoms with Gasteiger partial charge in [-0.15, -0.1) is 5.10 Å². The molecule has 2 aliphatic rings. The van der Waals surface area contributed by atoms with E-state index in [1.807, 2.05) is 18.2 Å². The molecule has 38 heavy (non-hydrogen) atoms. The number of amidine groups is 1. The number of nitrogens with zero attached hydrogens (tertiary/aromatic N) is 6. The van der Waals surface area contributed by atoms with Gasteiger partial charge in [0.25, 0.3) is 0 Å². The van der Waals surface area contributed by atoms with E-state index in [0.717, 1.165) is 59.6 Å². The lowest BCUT2D eigenvalue weighted by Crippen LogP contribution is -2.39. The molecule has 0 aliphatic carbocycles. The van der Waals surface area contributed by atoms with Gasteiger partial charge in [-0.05, 0) is 65.9 Å². The minimum Gasteiger partial charge on any atom is -0.495 e. The lowest BCUT2D eigenvalue weighted by molar-refractivity contribution is 0.282. The number of hydrogen-bond donors (Lipinski definition) is 0. The largest absolute Gasteiger partial charge is 0.495 e. The van der Waals surface area contributed by atoms with Gasteiger partial charge in [0.05, 0.1) is 17.8 Å². The summed E-state index contributed by atoms with van der Waals surface area (Å²) in [5.74, 6) is 2.68. The van der Waals surface area contributed by atoms with Gasteiger partial charge in [0.15, 0.2) is 16.1 Å². The molecule has 11 heteroatoms. The number of aromatic nitrogens is 2. The number of piperidine rings is 1. The Balaban J connectivity index is 1.44. The molecule has 1 fully saturated rings. The van der Waals surface area contributed by atoms with Crippen LogP contribution >= 0.6 is 35.0 Å². The third-order valence-electron chi connectivity index (χ3n) is 7.22. The van der Waals surface area contributed by atoms with Crippen LogP contribution in [0.15, 0.2) is 63.1 Å². The van der Waals surface area contributed by atoms with Crippen molar-refractivity contribution >= 4 is 40.8 Å². The summed E-state index contributed by atoms with van der Waals surface area (Å²) < 4.78 is 21.4. The van der Waals surface area contributed by atoms with Crippen molar-refractivity contribution in [1.82, 2.24) is 14.5 Å². The third-order valence-corrected chi connectivity index (χ3v) is 8.96. The first-order chi connectivity index (χ1) is 18.3. The number of rotatable bonds is 7. The Morgan fingerprint density at radius 3 is 2.50 bits per heavy atom. The SMILES string of the molecule is COc1cc(C(C)(C)c2c(Cl)nc(SCC3CCN(C4=NN=NC4)CC3)n2-c2ccc(F)cc2)ccc1Cl. The predicted octanol–water partition coefficient (Wildman–Crippen LogP) is 7.24. The zero-order chi connectivity index (χ0) is 26.9. The molecular weight excluding hydrogens is 546 g/mol. The third kappa shape index (κ3) is 5.42. The Bertz CT molecular complexity index is 1370. The molecular formula is C27H29Cl2FN6OS. The molecule has 3 aromatic rings. The summed E-state index contributed by atoms with van der Waals surface area (Å²) in [7, 11) is 1.60. The first-order valence-electron chi connectivity index (χ1n) is 12.5. The van der Waals surface area contributed by atoms with Crippen molar-refractivity contribution in [2.75, 3.05) is 32.5 Å². The quantitative estimate of drug-likeness (QED) is 0.279.